The molecule has 5 nitrogen and oxygen atoms in total. The van der Waals surface area contributed by atoms with Gasteiger partial charge in [-0.3, -0.25) is 0 Å². The van der Waals surface area contributed by atoms with Gasteiger partial charge >= 0.3 is 0 Å². The maximum absolute atomic E-state index is 5.40. The Balaban J connectivity index is 1.35. The molecule has 0 aliphatic carbocycles. The number of hydrogen-bond acceptors (Lipinski definition) is 4. The Bertz CT molecular complexity index is 532. The molecule has 0 saturated carbocycles. The average Bonchev–Trinajstić information content (AvgIpc) is 3.11. The highest BCUT2D eigenvalue weighted by Crippen LogP contribution is 2.20. The van der Waals surface area contributed by atoms with E-state index in [2.05, 4.69) is 39.7 Å². The fourth-order valence-corrected chi connectivity index (χ4v) is 2.90. The number of aromatic nitrogens is 3. The van der Waals surface area contributed by atoms with Crippen LogP contribution in [-0.4, -0.2) is 34.5 Å². The van der Waals surface area contributed by atoms with Gasteiger partial charge in [0.1, 0.15) is 12.7 Å². The first-order valence-corrected chi connectivity index (χ1v) is 8.18. The monoisotopic (exact) mass is 300 g/mol. The van der Waals surface area contributed by atoms with Crippen LogP contribution in [0.1, 0.15) is 32.1 Å². The molecule has 2 heterocycles. The molecule has 1 aliphatic rings. The molecule has 2 aromatic rings. The van der Waals surface area contributed by atoms with Crippen molar-refractivity contribution in [2.45, 2.75) is 32.1 Å². The van der Waals surface area contributed by atoms with Gasteiger partial charge in [0.2, 0.25) is 0 Å². The molecule has 0 spiro atoms. The van der Waals surface area contributed by atoms with Gasteiger partial charge in [-0.1, -0.05) is 12.8 Å². The minimum absolute atomic E-state index is 0.885. The van der Waals surface area contributed by atoms with Crippen molar-refractivity contribution in [3.8, 4) is 5.69 Å². The first kappa shape index (κ1) is 15.0. The van der Waals surface area contributed by atoms with Crippen molar-refractivity contribution in [3.05, 3.63) is 36.9 Å². The number of nitrogens with zero attached hydrogens (tertiary/aromatic N) is 3. The van der Waals surface area contributed by atoms with Gasteiger partial charge in [-0.15, -0.1) is 0 Å². The maximum Gasteiger partial charge on any atom is 0.138 e. The van der Waals surface area contributed by atoms with Crippen LogP contribution in [0, 0.1) is 5.92 Å². The molecular formula is C17H24N4O. The van der Waals surface area contributed by atoms with Gasteiger partial charge in [-0.05, 0) is 49.4 Å². The van der Waals surface area contributed by atoms with Crippen molar-refractivity contribution in [1.29, 1.82) is 0 Å². The van der Waals surface area contributed by atoms with Crippen LogP contribution in [-0.2, 0) is 4.74 Å². The van der Waals surface area contributed by atoms with Crippen molar-refractivity contribution in [2.75, 3.05) is 25.1 Å². The van der Waals surface area contributed by atoms with Crippen molar-refractivity contribution >= 4 is 5.69 Å². The topological polar surface area (TPSA) is 52.0 Å². The van der Waals surface area contributed by atoms with E-state index in [9.17, 15) is 0 Å². The predicted molar refractivity (Wildman–Crippen MR) is 87.2 cm³/mol. The summed E-state index contributed by atoms with van der Waals surface area (Å²) in [6, 6.07) is 8.29. The molecule has 1 aromatic heterocycles. The molecule has 3 rings (SSSR count). The predicted octanol–water partition coefficient (Wildman–Crippen LogP) is 3.28. The quantitative estimate of drug-likeness (QED) is 0.797. The van der Waals surface area contributed by atoms with Crippen molar-refractivity contribution in [2.24, 2.45) is 5.92 Å². The molecule has 0 radical (unpaired) electrons. The Morgan fingerprint density at radius 2 is 1.95 bits per heavy atom. The molecule has 0 amide bonds. The molecule has 0 bridgehead atoms. The molecule has 0 unspecified atom stereocenters. The first-order chi connectivity index (χ1) is 10.9. The van der Waals surface area contributed by atoms with E-state index in [1.54, 1.807) is 17.3 Å². The van der Waals surface area contributed by atoms with Crippen LogP contribution in [0.25, 0.3) is 5.69 Å². The molecule has 5 heteroatoms. The number of nitrogens with one attached hydrogen (secondary N) is 1. The summed E-state index contributed by atoms with van der Waals surface area (Å²) in [7, 11) is 0. The second-order valence-corrected chi connectivity index (χ2v) is 5.87. The van der Waals surface area contributed by atoms with Crippen LogP contribution in [0.5, 0.6) is 0 Å². The van der Waals surface area contributed by atoms with Gasteiger partial charge in [0, 0.05) is 25.4 Å². The average molecular weight is 300 g/mol. The lowest BCUT2D eigenvalue weighted by atomic mass is 9.94. The summed E-state index contributed by atoms with van der Waals surface area (Å²) >= 11 is 0. The minimum atomic E-state index is 0.885. The molecule has 1 N–H and O–H groups in total. The lowest BCUT2D eigenvalue weighted by molar-refractivity contribution is 0.0632. The van der Waals surface area contributed by atoms with Gasteiger partial charge in [-0.2, -0.15) is 5.10 Å². The van der Waals surface area contributed by atoms with E-state index in [4.69, 9.17) is 4.74 Å². The Hall–Kier alpha value is -1.88. The molecule has 0 atom stereocenters. The summed E-state index contributed by atoms with van der Waals surface area (Å²) in [6.07, 6.45) is 9.62. The zero-order valence-corrected chi connectivity index (χ0v) is 12.9. The number of rotatable bonds is 7. The van der Waals surface area contributed by atoms with E-state index < -0.39 is 0 Å². The number of unbranched alkanes of at least 4 members (excludes halogenated alkanes) is 1. The molecule has 1 saturated heterocycles. The summed E-state index contributed by atoms with van der Waals surface area (Å²) in [5, 5.41) is 7.61. The van der Waals surface area contributed by atoms with E-state index in [0.717, 1.165) is 37.1 Å². The van der Waals surface area contributed by atoms with Crippen LogP contribution in [0.4, 0.5) is 5.69 Å². The number of ether oxygens (including phenoxy) is 1. The van der Waals surface area contributed by atoms with Crippen LogP contribution in [0.3, 0.4) is 0 Å². The smallest absolute Gasteiger partial charge is 0.138 e. The van der Waals surface area contributed by atoms with E-state index >= 15 is 0 Å². The van der Waals surface area contributed by atoms with Crippen LogP contribution < -0.4 is 5.32 Å². The van der Waals surface area contributed by atoms with Crippen molar-refractivity contribution in [3.63, 3.8) is 0 Å². The van der Waals surface area contributed by atoms with E-state index in [-0.39, 0.29) is 0 Å². The van der Waals surface area contributed by atoms with Gasteiger partial charge in [0.05, 0.1) is 5.69 Å². The Labute approximate surface area is 131 Å². The highest BCUT2D eigenvalue weighted by Gasteiger charge is 2.12. The van der Waals surface area contributed by atoms with E-state index in [0.29, 0.717) is 0 Å². The number of benzene rings is 1. The highest BCUT2D eigenvalue weighted by atomic mass is 16.5. The van der Waals surface area contributed by atoms with Crippen molar-refractivity contribution in [1.82, 2.24) is 14.8 Å². The van der Waals surface area contributed by atoms with E-state index in [1.165, 1.54) is 32.1 Å². The first-order valence-electron chi connectivity index (χ1n) is 8.18. The van der Waals surface area contributed by atoms with Crippen molar-refractivity contribution < 1.29 is 4.74 Å². The molecule has 118 valence electrons. The summed E-state index contributed by atoms with van der Waals surface area (Å²) < 4.78 is 7.16. The Kier molecular flexibility index (Phi) is 5.42. The third kappa shape index (κ3) is 4.31. The summed E-state index contributed by atoms with van der Waals surface area (Å²) in [5.74, 6) is 0.885. The zero-order valence-electron chi connectivity index (χ0n) is 12.9. The summed E-state index contributed by atoms with van der Waals surface area (Å²) in [5.41, 5.74) is 2.19. The second-order valence-electron chi connectivity index (χ2n) is 5.87. The highest BCUT2D eigenvalue weighted by molar-refractivity contribution is 5.48. The zero-order chi connectivity index (χ0) is 15.0. The lowest BCUT2D eigenvalue weighted by Gasteiger charge is -2.21. The second kappa shape index (κ2) is 7.94. The standard InChI is InChI=1S/C17H24N4O/c1(3-15-8-11-22-12-9-15)2-10-19-16-4-6-17(7-5-16)21-14-18-13-20-21/h4-7,13-15,19H,1-3,8-12H2. The Morgan fingerprint density at radius 3 is 2.68 bits per heavy atom. The van der Waals surface area contributed by atoms with Gasteiger partial charge < -0.3 is 10.1 Å². The minimum Gasteiger partial charge on any atom is -0.385 e. The summed E-state index contributed by atoms with van der Waals surface area (Å²) in [4.78, 5) is 3.96. The third-order valence-corrected chi connectivity index (χ3v) is 4.26. The van der Waals surface area contributed by atoms with Crippen LogP contribution in [0.15, 0.2) is 36.9 Å². The normalized spacial score (nSPS) is 15.8. The third-order valence-electron chi connectivity index (χ3n) is 4.26. The Morgan fingerprint density at radius 1 is 1.14 bits per heavy atom. The van der Waals surface area contributed by atoms with Crippen LogP contribution >= 0.6 is 0 Å². The molecule has 1 aliphatic heterocycles. The fourth-order valence-electron chi connectivity index (χ4n) is 2.90. The SMILES string of the molecule is c1ncn(-c2ccc(NCCCCC3CCOCC3)cc2)n1. The molecule has 22 heavy (non-hydrogen) atoms. The van der Waals surface area contributed by atoms with Crippen LogP contribution in [0.2, 0.25) is 0 Å². The molecular weight excluding hydrogens is 276 g/mol. The van der Waals surface area contributed by atoms with E-state index in [1.807, 2.05) is 0 Å². The fraction of sp³-hybridized carbons (Fsp3) is 0.529. The number of anilines is 1. The molecule has 1 aromatic carbocycles. The summed E-state index contributed by atoms with van der Waals surface area (Å²) in [6.45, 7) is 2.95. The van der Waals surface area contributed by atoms with Gasteiger partial charge in [-0.25, -0.2) is 9.67 Å². The number of hydrogen-bond donors (Lipinski definition) is 1. The van der Waals surface area contributed by atoms with Gasteiger partial charge in [0.25, 0.3) is 0 Å². The lowest BCUT2D eigenvalue weighted by Crippen LogP contribution is -2.15. The largest absolute Gasteiger partial charge is 0.385 e. The maximum atomic E-state index is 5.40. The van der Waals surface area contributed by atoms with Gasteiger partial charge in [0.15, 0.2) is 0 Å². The molecule has 1 fully saturated rings.